The molecule has 1 aliphatic rings. The highest BCUT2D eigenvalue weighted by Crippen LogP contribution is 2.37. The zero-order valence-corrected chi connectivity index (χ0v) is 14.6. The van der Waals surface area contributed by atoms with Gasteiger partial charge in [0.15, 0.2) is 5.65 Å². The molecule has 24 heavy (non-hydrogen) atoms. The van der Waals surface area contributed by atoms with Crippen molar-refractivity contribution in [3.63, 3.8) is 0 Å². The van der Waals surface area contributed by atoms with Crippen LogP contribution in [0.15, 0.2) is 0 Å². The number of rotatable bonds is 4. The zero-order chi connectivity index (χ0) is 16.7. The molecule has 3 aromatic heterocycles. The van der Waals surface area contributed by atoms with Crippen LogP contribution in [0.5, 0.6) is 0 Å². The Kier molecular flexibility index (Phi) is 3.93. The summed E-state index contributed by atoms with van der Waals surface area (Å²) in [6.07, 6.45) is 4.59. The quantitative estimate of drug-likeness (QED) is 0.731. The molecule has 0 bridgehead atoms. The van der Waals surface area contributed by atoms with Crippen LogP contribution in [0.25, 0.3) is 15.9 Å². The minimum atomic E-state index is -0.285. The maximum absolute atomic E-state index is 12.2. The molecular weight excluding hydrogens is 326 g/mol. The monoisotopic (exact) mass is 345 g/mol. The van der Waals surface area contributed by atoms with Crippen molar-refractivity contribution in [1.82, 2.24) is 24.9 Å². The minimum absolute atomic E-state index is 0.180. The van der Waals surface area contributed by atoms with E-state index in [-0.39, 0.29) is 11.7 Å². The molecule has 0 aromatic carbocycles. The summed E-state index contributed by atoms with van der Waals surface area (Å²) in [5.41, 5.74) is 2.09. The summed E-state index contributed by atoms with van der Waals surface area (Å²) in [7, 11) is 1.60. The van der Waals surface area contributed by atoms with E-state index in [0.717, 1.165) is 34.5 Å². The summed E-state index contributed by atoms with van der Waals surface area (Å²) in [5, 5.41) is 8.20. The summed E-state index contributed by atoms with van der Waals surface area (Å²) in [6.45, 7) is 2.79. The lowest BCUT2D eigenvalue weighted by Crippen LogP contribution is -2.27. The van der Waals surface area contributed by atoms with E-state index in [4.69, 9.17) is 4.74 Å². The number of carbonyl (C=O) groups is 1. The Bertz CT molecular complexity index is 930. The predicted octanol–water partition coefficient (Wildman–Crippen LogP) is 1.90. The van der Waals surface area contributed by atoms with E-state index < -0.39 is 0 Å². The maximum atomic E-state index is 12.2. The number of hydrogen-bond donors (Lipinski definition) is 1. The molecule has 4 rings (SSSR count). The smallest absolute Gasteiger partial charge is 0.291 e. The molecule has 0 atom stereocenters. The van der Waals surface area contributed by atoms with E-state index in [0.29, 0.717) is 13.2 Å². The molecule has 1 amide bonds. The number of aryl methyl sites for hydroxylation is 3. The molecule has 0 spiro atoms. The van der Waals surface area contributed by atoms with Gasteiger partial charge in [-0.25, -0.2) is 9.97 Å². The van der Waals surface area contributed by atoms with Gasteiger partial charge in [-0.1, -0.05) is 0 Å². The lowest BCUT2D eigenvalue weighted by atomic mass is 9.97. The second-order valence-corrected chi connectivity index (χ2v) is 7.05. The highest BCUT2D eigenvalue weighted by atomic mass is 32.1. The Hall–Kier alpha value is -2.06. The average molecular weight is 345 g/mol. The van der Waals surface area contributed by atoms with Crippen molar-refractivity contribution < 1.29 is 9.53 Å². The molecule has 1 N–H and O–H groups in total. The highest BCUT2D eigenvalue weighted by Gasteiger charge is 2.23. The van der Waals surface area contributed by atoms with E-state index in [1.807, 2.05) is 6.92 Å². The van der Waals surface area contributed by atoms with Gasteiger partial charge in [-0.3, -0.25) is 4.79 Å². The van der Waals surface area contributed by atoms with Crippen LogP contribution in [0.3, 0.4) is 0 Å². The highest BCUT2D eigenvalue weighted by molar-refractivity contribution is 7.19. The molecule has 0 radical (unpaired) electrons. The molecule has 8 heteroatoms. The predicted molar refractivity (Wildman–Crippen MR) is 91.8 cm³/mol. The van der Waals surface area contributed by atoms with Gasteiger partial charge in [-0.05, 0) is 38.2 Å². The SMILES string of the molecule is COCCNC(=O)c1nc2c3c4c(sc3nc(C)n2n1)CCCC4. The third-order valence-corrected chi connectivity index (χ3v) is 5.53. The van der Waals surface area contributed by atoms with Crippen LogP contribution in [-0.2, 0) is 17.6 Å². The van der Waals surface area contributed by atoms with E-state index >= 15 is 0 Å². The van der Waals surface area contributed by atoms with Gasteiger partial charge in [0.05, 0.1) is 12.0 Å². The number of methoxy groups -OCH3 is 1. The van der Waals surface area contributed by atoms with Crippen LogP contribution < -0.4 is 5.32 Å². The van der Waals surface area contributed by atoms with Gasteiger partial charge in [-0.2, -0.15) is 4.52 Å². The molecular formula is C16H19N5O2S. The lowest BCUT2D eigenvalue weighted by molar-refractivity contribution is 0.0927. The number of thiophene rings is 1. The largest absolute Gasteiger partial charge is 0.383 e. The van der Waals surface area contributed by atoms with Gasteiger partial charge in [0, 0.05) is 18.5 Å². The van der Waals surface area contributed by atoms with Gasteiger partial charge in [0.1, 0.15) is 10.7 Å². The first-order valence-corrected chi connectivity index (χ1v) is 8.95. The second-order valence-electron chi connectivity index (χ2n) is 5.97. The molecule has 3 aromatic rings. The minimum Gasteiger partial charge on any atom is -0.383 e. The van der Waals surface area contributed by atoms with Crippen LogP contribution in [0.4, 0.5) is 0 Å². The third-order valence-electron chi connectivity index (χ3n) is 4.35. The van der Waals surface area contributed by atoms with E-state index in [9.17, 15) is 4.79 Å². The number of aromatic nitrogens is 4. The van der Waals surface area contributed by atoms with E-state index in [1.165, 1.54) is 23.3 Å². The Labute approximate surface area is 143 Å². The maximum Gasteiger partial charge on any atom is 0.291 e. The molecule has 3 heterocycles. The normalized spacial score (nSPS) is 14.2. The van der Waals surface area contributed by atoms with E-state index in [2.05, 4.69) is 20.4 Å². The van der Waals surface area contributed by atoms with Gasteiger partial charge in [0.25, 0.3) is 5.91 Å². The van der Waals surface area contributed by atoms with Crippen molar-refractivity contribution >= 4 is 33.1 Å². The first-order valence-electron chi connectivity index (χ1n) is 8.14. The molecule has 0 saturated heterocycles. The van der Waals surface area contributed by atoms with Crippen molar-refractivity contribution in [3.05, 3.63) is 22.1 Å². The summed E-state index contributed by atoms with van der Waals surface area (Å²) >= 11 is 1.75. The number of nitrogens with one attached hydrogen (secondary N) is 1. The van der Waals surface area contributed by atoms with Crippen molar-refractivity contribution in [1.29, 1.82) is 0 Å². The van der Waals surface area contributed by atoms with Crippen LogP contribution in [0.1, 0.15) is 39.7 Å². The number of amides is 1. The van der Waals surface area contributed by atoms with Gasteiger partial charge < -0.3 is 10.1 Å². The Morgan fingerprint density at radius 3 is 3.00 bits per heavy atom. The first-order chi connectivity index (χ1) is 11.7. The number of ether oxygens (including phenoxy) is 1. The fraction of sp³-hybridized carbons (Fsp3) is 0.500. The number of nitrogens with zero attached hydrogens (tertiary/aromatic N) is 4. The molecule has 126 valence electrons. The zero-order valence-electron chi connectivity index (χ0n) is 13.8. The molecule has 0 unspecified atom stereocenters. The van der Waals surface area contributed by atoms with Gasteiger partial charge in [-0.15, -0.1) is 16.4 Å². The number of hydrogen-bond acceptors (Lipinski definition) is 6. The summed E-state index contributed by atoms with van der Waals surface area (Å²) < 4.78 is 6.64. The first kappa shape index (κ1) is 15.5. The van der Waals surface area contributed by atoms with Gasteiger partial charge in [0.2, 0.25) is 5.82 Å². The Balaban J connectivity index is 1.83. The van der Waals surface area contributed by atoms with Crippen LogP contribution in [-0.4, -0.2) is 45.8 Å². The summed E-state index contributed by atoms with van der Waals surface area (Å²) in [6, 6.07) is 0. The molecule has 0 fully saturated rings. The second kappa shape index (κ2) is 6.10. The Morgan fingerprint density at radius 1 is 1.33 bits per heavy atom. The van der Waals surface area contributed by atoms with E-state index in [1.54, 1.807) is 23.0 Å². The van der Waals surface area contributed by atoms with Gasteiger partial charge >= 0.3 is 0 Å². The number of fused-ring (bicyclic) bond motifs is 5. The Morgan fingerprint density at radius 2 is 2.17 bits per heavy atom. The van der Waals surface area contributed by atoms with Crippen molar-refractivity contribution in [2.24, 2.45) is 0 Å². The van der Waals surface area contributed by atoms with Crippen LogP contribution in [0, 0.1) is 6.92 Å². The average Bonchev–Trinajstić information content (AvgIpc) is 3.16. The fourth-order valence-electron chi connectivity index (χ4n) is 3.20. The fourth-order valence-corrected chi connectivity index (χ4v) is 4.50. The van der Waals surface area contributed by atoms with Crippen molar-refractivity contribution in [3.8, 4) is 0 Å². The molecule has 0 saturated carbocycles. The summed E-state index contributed by atoms with van der Waals surface area (Å²) in [4.78, 5) is 23.9. The van der Waals surface area contributed by atoms with Crippen molar-refractivity contribution in [2.75, 3.05) is 20.3 Å². The lowest BCUT2D eigenvalue weighted by Gasteiger charge is -2.10. The number of carbonyl (C=O) groups excluding carboxylic acids is 1. The standard InChI is InChI=1S/C16H19N5O2S/c1-9-18-16-12(10-5-3-4-6-11(10)24-16)14-19-13(20-21(9)14)15(22)17-7-8-23-2/h3-8H2,1-2H3,(H,17,22). The molecule has 7 nitrogen and oxygen atoms in total. The van der Waals surface area contributed by atoms with Crippen LogP contribution >= 0.6 is 11.3 Å². The topological polar surface area (TPSA) is 81.4 Å². The van der Waals surface area contributed by atoms with Crippen LogP contribution in [0.2, 0.25) is 0 Å². The molecule has 1 aliphatic carbocycles. The summed E-state index contributed by atoms with van der Waals surface area (Å²) in [5.74, 6) is 0.645. The third kappa shape index (κ3) is 2.46. The molecule has 0 aliphatic heterocycles. The van der Waals surface area contributed by atoms with Crippen molar-refractivity contribution in [2.45, 2.75) is 32.6 Å².